The quantitative estimate of drug-likeness (QED) is 0.897. The van der Waals surface area contributed by atoms with Gasteiger partial charge in [0.15, 0.2) is 0 Å². The minimum atomic E-state index is 0.341. The summed E-state index contributed by atoms with van der Waals surface area (Å²) in [7, 11) is 0. The summed E-state index contributed by atoms with van der Waals surface area (Å²) >= 11 is 0. The Bertz CT molecular complexity index is 434. The SMILES string of the molecule is CCC1CN(c2ccc(CNC(C)C)c(C)n2)CCO1. The molecule has 0 aromatic carbocycles. The van der Waals surface area contributed by atoms with Crippen LogP contribution in [0.25, 0.3) is 0 Å². The molecule has 1 fully saturated rings. The molecule has 1 aliphatic rings. The van der Waals surface area contributed by atoms with Gasteiger partial charge < -0.3 is 15.0 Å². The van der Waals surface area contributed by atoms with E-state index in [1.54, 1.807) is 0 Å². The zero-order valence-electron chi connectivity index (χ0n) is 13.1. The average molecular weight is 277 g/mol. The molecular formula is C16H27N3O. The number of nitrogens with zero attached hydrogens (tertiary/aromatic N) is 2. The number of pyridine rings is 1. The Morgan fingerprint density at radius 1 is 1.45 bits per heavy atom. The Labute approximate surface area is 122 Å². The Kier molecular flexibility index (Phi) is 5.38. The fourth-order valence-corrected chi connectivity index (χ4v) is 2.43. The summed E-state index contributed by atoms with van der Waals surface area (Å²) in [6.45, 7) is 12.2. The van der Waals surface area contributed by atoms with Crippen LogP contribution in [0, 0.1) is 6.92 Å². The van der Waals surface area contributed by atoms with E-state index < -0.39 is 0 Å². The second-order valence-corrected chi connectivity index (χ2v) is 5.80. The van der Waals surface area contributed by atoms with Crippen LogP contribution in [0.1, 0.15) is 38.4 Å². The third-order valence-electron chi connectivity index (χ3n) is 3.80. The lowest BCUT2D eigenvalue weighted by molar-refractivity contribution is 0.0381. The fraction of sp³-hybridized carbons (Fsp3) is 0.688. The Morgan fingerprint density at radius 2 is 2.25 bits per heavy atom. The number of aryl methyl sites for hydroxylation is 1. The number of rotatable bonds is 5. The van der Waals surface area contributed by atoms with Crippen molar-refractivity contribution in [2.24, 2.45) is 0 Å². The van der Waals surface area contributed by atoms with E-state index in [2.05, 4.69) is 50.0 Å². The van der Waals surface area contributed by atoms with Gasteiger partial charge in [-0.15, -0.1) is 0 Å². The first kappa shape index (κ1) is 15.3. The lowest BCUT2D eigenvalue weighted by atomic mass is 10.1. The summed E-state index contributed by atoms with van der Waals surface area (Å²) in [6, 6.07) is 4.84. The molecule has 1 unspecified atom stereocenters. The third-order valence-corrected chi connectivity index (χ3v) is 3.80. The minimum Gasteiger partial charge on any atom is -0.375 e. The maximum atomic E-state index is 5.72. The van der Waals surface area contributed by atoms with Gasteiger partial charge in [0, 0.05) is 31.4 Å². The van der Waals surface area contributed by atoms with Gasteiger partial charge in [0.2, 0.25) is 0 Å². The second kappa shape index (κ2) is 7.04. The van der Waals surface area contributed by atoms with E-state index in [1.807, 2.05) is 0 Å². The first-order chi connectivity index (χ1) is 9.60. The molecular weight excluding hydrogens is 250 g/mol. The maximum Gasteiger partial charge on any atom is 0.128 e. The second-order valence-electron chi connectivity index (χ2n) is 5.80. The highest BCUT2D eigenvalue weighted by atomic mass is 16.5. The highest BCUT2D eigenvalue weighted by molar-refractivity contribution is 5.42. The van der Waals surface area contributed by atoms with Gasteiger partial charge in [-0.25, -0.2) is 4.98 Å². The zero-order valence-corrected chi connectivity index (χ0v) is 13.1. The van der Waals surface area contributed by atoms with Gasteiger partial charge in [-0.05, 0) is 25.0 Å². The molecule has 0 aliphatic carbocycles. The van der Waals surface area contributed by atoms with E-state index in [4.69, 9.17) is 9.72 Å². The van der Waals surface area contributed by atoms with Gasteiger partial charge in [-0.3, -0.25) is 0 Å². The number of anilines is 1. The van der Waals surface area contributed by atoms with Crippen LogP contribution in [-0.4, -0.2) is 36.8 Å². The van der Waals surface area contributed by atoms with Crippen molar-refractivity contribution in [1.29, 1.82) is 0 Å². The lowest BCUT2D eigenvalue weighted by Crippen LogP contribution is -2.42. The molecule has 2 heterocycles. The molecule has 4 nitrogen and oxygen atoms in total. The van der Waals surface area contributed by atoms with Crippen LogP contribution in [0.3, 0.4) is 0 Å². The Balaban J connectivity index is 2.04. The van der Waals surface area contributed by atoms with Crippen LogP contribution in [0.15, 0.2) is 12.1 Å². The molecule has 1 saturated heterocycles. The number of aromatic nitrogens is 1. The molecule has 1 aromatic rings. The topological polar surface area (TPSA) is 37.4 Å². The Morgan fingerprint density at radius 3 is 2.90 bits per heavy atom. The van der Waals surface area contributed by atoms with Crippen LogP contribution in [0.2, 0.25) is 0 Å². The van der Waals surface area contributed by atoms with Crippen molar-refractivity contribution in [3.8, 4) is 0 Å². The molecule has 112 valence electrons. The average Bonchev–Trinajstić information content (AvgIpc) is 2.46. The molecule has 20 heavy (non-hydrogen) atoms. The van der Waals surface area contributed by atoms with E-state index in [1.165, 1.54) is 5.56 Å². The highest BCUT2D eigenvalue weighted by Crippen LogP contribution is 2.19. The predicted octanol–water partition coefficient (Wildman–Crippen LogP) is 2.50. The normalized spacial score (nSPS) is 19.6. The van der Waals surface area contributed by atoms with Crippen molar-refractivity contribution in [1.82, 2.24) is 10.3 Å². The van der Waals surface area contributed by atoms with Crippen LogP contribution in [0.5, 0.6) is 0 Å². The standard InChI is InChI=1S/C16H27N3O/c1-5-15-11-19(8-9-20-15)16-7-6-14(13(4)18-16)10-17-12(2)3/h6-7,12,15,17H,5,8-11H2,1-4H3. The molecule has 1 atom stereocenters. The number of hydrogen-bond acceptors (Lipinski definition) is 4. The van der Waals surface area contributed by atoms with Crippen molar-refractivity contribution in [2.45, 2.75) is 52.8 Å². The van der Waals surface area contributed by atoms with Crippen molar-refractivity contribution in [2.75, 3.05) is 24.6 Å². The van der Waals surface area contributed by atoms with Gasteiger partial charge in [0.05, 0.1) is 12.7 Å². The summed E-state index contributed by atoms with van der Waals surface area (Å²) in [5.41, 5.74) is 2.40. The monoisotopic (exact) mass is 277 g/mol. The van der Waals surface area contributed by atoms with E-state index in [9.17, 15) is 0 Å². The van der Waals surface area contributed by atoms with Crippen molar-refractivity contribution in [3.63, 3.8) is 0 Å². The van der Waals surface area contributed by atoms with Gasteiger partial charge >= 0.3 is 0 Å². The first-order valence-corrected chi connectivity index (χ1v) is 7.66. The first-order valence-electron chi connectivity index (χ1n) is 7.66. The van der Waals surface area contributed by atoms with Crippen molar-refractivity contribution in [3.05, 3.63) is 23.4 Å². The van der Waals surface area contributed by atoms with Crippen LogP contribution >= 0.6 is 0 Å². The lowest BCUT2D eigenvalue weighted by Gasteiger charge is -2.33. The van der Waals surface area contributed by atoms with E-state index in [-0.39, 0.29) is 0 Å². The molecule has 1 N–H and O–H groups in total. The van der Waals surface area contributed by atoms with E-state index in [0.29, 0.717) is 12.1 Å². The zero-order chi connectivity index (χ0) is 14.5. The maximum absolute atomic E-state index is 5.72. The summed E-state index contributed by atoms with van der Waals surface area (Å²) < 4.78 is 5.72. The molecule has 2 rings (SSSR count). The van der Waals surface area contributed by atoms with Crippen molar-refractivity contribution >= 4 is 5.82 Å². The number of nitrogens with one attached hydrogen (secondary N) is 1. The molecule has 4 heteroatoms. The summed E-state index contributed by atoms with van der Waals surface area (Å²) in [5.74, 6) is 1.08. The Hall–Kier alpha value is -1.13. The smallest absolute Gasteiger partial charge is 0.128 e. The summed E-state index contributed by atoms with van der Waals surface area (Å²) in [5, 5.41) is 3.44. The highest BCUT2D eigenvalue weighted by Gasteiger charge is 2.20. The van der Waals surface area contributed by atoms with Gasteiger partial charge in [-0.2, -0.15) is 0 Å². The summed E-state index contributed by atoms with van der Waals surface area (Å²) in [4.78, 5) is 7.11. The summed E-state index contributed by atoms with van der Waals surface area (Å²) in [6.07, 6.45) is 1.40. The van der Waals surface area contributed by atoms with E-state index in [0.717, 1.165) is 44.2 Å². The predicted molar refractivity (Wildman–Crippen MR) is 83.2 cm³/mol. The van der Waals surface area contributed by atoms with Gasteiger partial charge in [0.1, 0.15) is 5.82 Å². The van der Waals surface area contributed by atoms with Crippen molar-refractivity contribution < 1.29 is 4.74 Å². The molecule has 0 radical (unpaired) electrons. The largest absolute Gasteiger partial charge is 0.375 e. The molecule has 0 saturated carbocycles. The molecule has 1 aromatic heterocycles. The number of hydrogen-bond donors (Lipinski definition) is 1. The third kappa shape index (κ3) is 3.93. The van der Waals surface area contributed by atoms with Gasteiger partial charge in [0.25, 0.3) is 0 Å². The van der Waals surface area contributed by atoms with Gasteiger partial charge in [-0.1, -0.05) is 26.8 Å². The molecule has 0 amide bonds. The minimum absolute atomic E-state index is 0.341. The van der Waals surface area contributed by atoms with Crippen LogP contribution in [-0.2, 0) is 11.3 Å². The fourth-order valence-electron chi connectivity index (χ4n) is 2.43. The number of ether oxygens (including phenoxy) is 1. The van der Waals surface area contributed by atoms with Crippen LogP contribution in [0.4, 0.5) is 5.82 Å². The number of morpholine rings is 1. The van der Waals surface area contributed by atoms with E-state index >= 15 is 0 Å². The molecule has 0 spiro atoms. The van der Waals surface area contributed by atoms with Crippen LogP contribution < -0.4 is 10.2 Å². The molecule has 1 aliphatic heterocycles. The molecule has 0 bridgehead atoms.